The molecule has 0 spiro atoms. The van der Waals surface area contributed by atoms with E-state index in [1.54, 1.807) is 11.3 Å². The predicted molar refractivity (Wildman–Crippen MR) is 76.4 cm³/mol. The maximum atomic E-state index is 8.81. The molecule has 2 nitrogen and oxygen atoms in total. The summed E-state index contributed by atoms with van der Waals surface area (Å²) in [4.78, 5) is 0. The van der Waals surface area contributed by atoms with Gasteiger partial charge in [0.05, 0.1) is 6.61 Å². The van der Waals surface area contributed by atoms with Crippen molar-refractivity contribution in [2.45, 2.75) is 6.92 Å². The van der Waals surface area contributed by atoms with Gasteiger partial charge in [-0.2, -0.15) is 11.3 Å². The smallest absolute Gasteiger partial charge is 0.122 e. The van der Waals surface area contributed by atoms with Crippen molar-refractivity contribution in [3.05, 3.63) is 52.7 Å². The average molecular weight is 260 g/mol. The Morgan fingerprint density at radius 1 is 1.33 bits per heavy atom. The molecule has 0 radical (unpaired) electrons. The highest BCUT2D eigenvalue weighted by Crippen LogP contribution is 2.26. The summed E-state index contributed by atoms with van der Waals surface area (Å²) in [7, 11) is 0. The molecule has 1 aromatic heterocycles. The van der Waals surface area contributed by atoms with Gasteiger partial charge >= 0.3 is 0 Å². The molecule has 2 rings (SSSR count). The summed E-state index contributed by atoms with van der Waals surface area (Å²) in [6, 6.07) is 10.3. The summed E-state index contributed by atoms with van der Waals surface area (Å²) in [5.74, 6) is 0.807. The zero-order chi connectivity index (χ0) is 12.8. The normalized spacial score (nSPS) is 11.6. The number of aliphatic hydroxyl groups excluding tert-OH is 1. The lowest BCUT2D eigenvalue weighted by Crippen LogP contribution is -1.98. The van der Waals surface area contributed by atoms with Gasteiger partial charge in [-0.05, 0) is 47.0 Å². The topological polar surface area (TPSA) is 29.5 Å². The Bertz CT molecular complexity index is 515. The standard InChI is InChI=1S/C15H16O2S/c1-2-15(17-8-7-16)13-5-3-4-12(10-13)14-6-9-18-11-14/h2-6,9-11,16H,7-8H2,1H3/b15-2-. The van der Waals surface area contributed by atoms with Crippen LogP contribution in [0.2, 0.25) is 0 Å². The minimum absolute atomic E-state index is 0.0293. The fourth-order valence-electron chi connectivity index (χ4n) is 1.77. The lowest BCUT2D eigenvalue weighted by atomic mass is 10.0. The molecular weight excluding hydrogens is 244 g/mol. The fourth-order valence-corrected chi connectivity index (χ4v) is 2.43. The first-order valence-corrected chi connectivity index (χ1v) is 6.82. The van der Waals surface area contributed by atoms with Gasteiger partial charge in [0.15, 0.2) is 0 Å². The number of aliphatic hydroxyl groups is 1. The molecule has 0 aliphatic heterocycles. The molecule has 0 aliphatic rings. The van der Waals surface area contributed by atoms with Crippen molar-refractivity contribution in [2.75, 3.05) is 13.2 Å². The van der Waals surface area contributed by atoms with Crippen LogP contribution in [-0.4, -0.2) is 18.3 Å². The average Bonchev–Trinajstić information content (AvgIpc) is 2.94. The second kappa shape index (κ2) is 6.38. The Morgan fingerprint density at radius 3 is 2.89 bits per heavy atom. The molecule has 18 heavy (non-hydrogen) atoms. The van der Waals surface area contributed by atoms with E-state index in [0.717, 1.165) is 11.3 Å². The van der Waals surface area contributed by atoms with Crippen molar-refractivity contribution in [3.63, 3.8) is 0 Å². The Kier molecular flexibility index (Phi) is 4.56. The zero-order valence-electron chi connectivity index (χ0n) is 10.3. The van der Waals surface area contributed by atoms with Crippen LogP contribution in [0.25, 0.3) is 16.9 Å². The highest BCUT2D eigenvalue weighted by Gasteiger charge is 2.04. The van der Waals surface area contributed by atoms with Gasteiger partial charge in [0, 0.05) is 5.56 Å². The van der Waals surface area contributed by atoms with Crippen molar-refractivity contribution >= 4 is 17.1 Å². The minimum atomic E-state index is 0.0293. The van der Waals surface area contributed by atoms with Gasteiger partial charge in [0.25, 0.3) is 0 Å². The van der Waals surface area contributed by atoms with E-state index in [-0.39, 0.29) is 6.61 Å². The molecule has 0 aliphatic carbocycles. The molecule has 0 bridgehead atoms. The van der Waals surface area contributed by atoms with E-state index >= 15 is 0 Å². The Morgan fingerprint density at radius 2 is 2.22 bits per heavy atom. The monoisotopic (exact) mass is 260 g/mol. The highest BCUT2D eigenvalue weighted by atomic mass is 32.1. The second-order valence-corrected chi connectivity index (χ2v) is 4.60. The number of thiophene rings is 1. The van der Waals surface area contributed by atoms with Gasteiger partial charge in [-0.25, -0.2) is 0 Å². The highest BCUT2D eigenvalue weighted by molar-refractivity contribution is 7.08. The summed E-state index contributed by atoms with van der Waals surface area (Å²) in [6.45, 7) is 2.29. The van der Waals surface area contributed by atoms with Crippen molar-refractivity contribution < 1.29 is 9.84 Å². The molecule has 0 atom stereocenters. The molecule has 0 saturated carbocycles. The number of benzene rings is 1. The second-order valence-electron chi connectivity index (χ2n) is 3.82. The third-order valence-corrected chi connectivity index (χ3v) is 3.30. The number of hydrogen-bond acceptors (Lipinski definition) is 3. The molecule has 0 unspecified atom stereocenters. The van der Waals surface area contributed by atoms with Crippen LogP contribution in [-0.2, 0) is 4.74 Å². The van der Waals surface area contributed by atoms with E-state index in [0.29, 0.717) is 6.61 Å². The van der Waals surface area contributed by atoms with Gasteiger partial charge in [0.2, 0.25) is 0 Å². The van der Waals surface area contributed by atoms with E-state index in [2.05, 4.69) is 29.0 Å². The van der Waals surface area contributed by atoms with Crippen molar-refractivity contribution in [1.29, 1.82) is 0 Å². The van der Waals surface area contributed by atoms with Gasteiger partial charge in [-0.15, -0.1) is 0 Å². The minimum Gasteiger partial charge on any atom is -0.491 e. The summed E-state index contributed by atoms with van der Waals surface area (Å²) in [5, 5.41) is 13.0. The summed E-state index contributed by atoms with van der Waals surface area (Å²) >= 11 is 1.69. The quantitative estimate of drug-likeness (QED) is 0.829. The van der Waals surface area contributed by atoms with E-state index in [9.17, 15) is 0 Å². The third kappa shape index (κ3) is 3.00. The largest absolute Gasteiger partial charge is 0.491 e. The first-order chi connectivity index (χ1) is 8.85. The van der Waals surface area contributed by atoms with Crippen LogP contribution < -0.4 is 0 Å². The van der Waals surface area contributed by atoms with Crippen molar-refractivity contribution in [1.82, 2.24) is 0 Å². The number of allylic oxidation sites excluding steroid dienone is 1. The maximum Gasteiger partial charge on any atom is 0.122 e. The predicted octanol–water partition coefficient (Wildman–Crippen LogP) is 3.78. The Hall–Kier alpha value is -1.58. The van der Waals surface area contributed by atoms with Crippen LogP contribution in [0.4, 0.5) is 0 Å². The van der Waals surface area contributed by atoms with E-state index < -0.39 is 0 Å². The molecular formula is C15H16O2S. The first-order valence-electron chi connectivity index (χ1n) is 5.88. The van der Waals surface area contributed by atoms with Crippen LogP contribution >= 0.6 is 11.3 Å². The lowest BCUT2D eigenvalue weighted by molar-refractivity contribution is 0.180. The molecule has 0 amide bonds. The van der Waals surface area contributed by atoms with Crippen molar-refractivity contribution in [3.8, 4) is 11.1 Å². The van der Waals surface area contributed by atoms with Crippen molar-refractivity contribution in [2.24, 2.45) is 0 Å². The number of hydrogen-bond donors (Lipinski definition) is 1. The molecule has 1 heterocycles. The summed E-state index contributed by atoms with van der Waals surface area (Å²) in [6.07, 6.45) is 1.92. The van der Waals surface area contributed by atoms with Gasteiger partial charge in [-0.3, -0.25) is 0 Å². The summed E-state index contributed by atoms with van der Waals surface area (Å²) < 4.78 is 5.51. The zero-order valence-corrected chi connectivity index (χ0v) is 11.1. The molecule has 0 saturated heterocycles. The third-order valence-electron chi connectivity index (χ3n) is 2.61. The molecule has 0 fully saturated rings. The molecule has 94 valence electrons. The van der Waals surface area contributed by atoms with E-state index in [4.69, 9.17) is 9.84 Å². The van der Waals surface area contributed by atoms with E-state index in [1.165, 1.54) is 11.1 Å². The Balaban J connectivity index is 2.26. The fraction of sp³-hybridized carbons (Fsp3) is 0.200. The van der Waals surface area contributed by atoms with Crippen LogP contribution in [0.3, 0.4) is 0 Å². The van der Waals surface area contributed by atoms with Crippen LogP contribution in [0, 0.1) is 0 Å². The maximum absolute atomic E-state index is 8.81. The van der Waals surface area contributed by atoms with E-state index in [1.807, 2.05) is 25.1 Å². The first kappa shape index (κ1) is 12.9. The summed E-state index contributed by atoms with van der Waals surface area (Å²) in [5.41, 5.74) is 3.44. The molecule has 3 heteroatoms. The number of rotatable bonds is 5. The van der Waals surface area contributed by atoms with Crippen LogP contribution in [0.1, 0.15) is 12.5 Å². The SMILES string of the molecule is C/C=C(\OCCO)c1cccc(-c2ccsc2)c1. The van der Waals surface area contributed by atoms with Gasteiger partial charge < -0.3 is 9.84 Å². The van der Waals surface area contributed by atoms with Crippen LogP contribution in [0.5, 0.6) is 0 Å². The Labute approximate surface area is 111 Å². The lowest BCUT2D eigenvalue weighted by Gasteiger charge is -2.10. The molecule has 1 N–H and O–H groups in total. The van der Waals surface area contributed by atoms with Gasteiger partial charge in [-0.1, -0.05) is 18.2 Å². The molecule has 1 aromatic carbocycles. The van der Waals surface area contributed by atoms with Gasteiger partial charge in [0.1, 0.15) is 12.4 Å². The molecule has 2 aromatic rings. The van der Waals surface area contributed by atoms with Crippen LogP contribution in [0.15, 0.2) is 47.2 Å². The number of ether oxygens (including phenoxy) is 1.